The van der Waals surface area contributed by atoms with E-state index in [1.165, 1.54) is 11.0 Å². The number of hydrogen-bond donors (Lipinski definition) is 0. The number of piperazine rings is 1. The lowest BCUT2D eigenvalue weighted by Crippen LogP contribution is -2.53. The van der Waals surface area contributed by atoms with Gasteiger partial charge in [0, 0.05) is 45.5 Å². The van der Waals surface area contributed by atoms with Gasteiger partial charge in [0.05, 0.1) is 25.3 Å². The molecule has 9 nitrogen and oxygen atoms in total. The molecule has 0 bridgehead atoms. The number of sulfone groups is 1. The molecule has 1 aromatic rings. The number of alkyl halides is 3. The maximum Gasteiger partial charge on any atom is 0.503 e. The summed E-state index contributed by atoms with van der Waals surface area (Å²) >= 11 is 0. The van der Waals surface area contributed by atoms with Crippen molar-refractivity contribution in [1.29, 1.82) is 0 Å². The Morgan fingerprint density at radius 2 is 1.63 bits per heavy atom. The maximum atomic E-state index is 12.9. The van der Waals surface area contributed by atoms with Crippen LogP contribution in [-0.4, -0.2) is 104 Å². The van der Waals surface area contributed by atoms with E-state index in [9.17, 15) is 31.2 Å². The zero-order chi connectivity index (χ0) is 21.9. The lowest BCUT2D eigenvalue weighted by Gasteiger charge is -2.36. The standard InChI is InChI=1S/C17H21F3N4O5S/c18-17(19,20)30(27,28)15-13(2-1-3-21-15)16(26)24-6-4-23(5-7-24)14(25)12-22-8-10-29-11-9-22/h1-3H,4-12H2. The van der Waals surface area contributed by atoms with Crippen molar-refractivity contribution in [2.75, 3.05) is 59.0 Å². The molecule has 1 aromatic heterocycles. The predicted octanol–water partition coefficient (Wildman–Crippen LogP) is -0.00830. The highest BCUT2D eigenvalue weighted by atomic mass is 32.2. The molecule has 166 valence electrons. The topological polar surface area (TPSA) is 100 Å². The molecule has 0 saturated carbocycles. The van der Waals surface area contributed by atoms with Gasteiger partial charge < -0.3 is 14.5 Å². The third-order valence-electron chi connectivity index (χ3n) is 4.94. The summed E-state index contributed by atoms with van der Waals surface area (Å²) in [6.07, 6.45) is 0.887. The van der Waals surface area contributed by atoms with Crippen LogP contribution in [-0.2, 0) is 19.4 Å². The number of nitrogens with zero attached hydrogens (tertiary/aromatic N) is 4. The van der Waals surface area contributed by atoms with E-state index in [1.807, 2.05) is 4.90 Å². The summed E-state index contributed by atoms with van der Waals surface area (Å²) in [6.45, 7) is 3.22. The summed E-state index contributed by atoms with van der Waals surface area (Å²) in [7, 11) is -5.77. The van der Waals surface area contributed by atoms with Crippen molar-refractivity contribution in [3.63, 3.8) is 0 Å². The zero-order valence-electron chi connectivity index (χ0n) is 16.0. The Morgan fingerprint density at radius 3 is 2.23 bits per heavy atom. The Morgan fingerprint density at radius 1 is 1.03 bits per heavy atom. The average Bonchev–Trinajstić information content (AvgIpc) is 2.73. The van der Waals surface area contributed by atoms with Crippen molar-refractivity contribution < 1.29 is 35.9 Å². The molecule has 30 heavy (non-hydrogen) atoms. The normalized spacial score (nSPS) is 19.0. The minimum atomic E-state index is -5.77. The van der Waals surface area contributed by atoms with E-state index in [4.69, 9.17) is 4.74 Å². The Kier molecular flexibility index (Phi) is 6.62. The third-order valence-corrected chi connectivity index (χ3v) is 6.39. The van der Waals surface area contributed by atoms with Crippen LogP contribution in [0.25, 0.3) is 0 Å². The third kappa shape index (κ3) is 4.73. The fourth-order valence-corrected chi connectivity index (χ4v) is 4.12. The second-order valence-corrected chi connectivity index (χ2v) is 8.72. The first-order valence-electron chi connectivity index (χ1n) is 9.25. The minimum absolute atomic E-state index is 0.0775. The fourth-order valence-electron chi connectivity index (χ4n) is 3.26. The summed E-state index contributed by atoms with van der Waals surface area (Å²) < 4.78 is 67.6. The van der Waals surface area contributed by atoms with E-state index in [1.54, 1.807) is 4.90 Å². The number of morpholine rings is 1. The number of hydrogen-bond acceptors (Lipinski definition) is 7. The molecule has 3 heterocycles. The van der Waals surface area contributed by atoms with Crippen molar-refractivity contribution in [1.82, 2.24) is 19.7 Å². The van der Waals surface area contributed by atoms with Gasteiger partial charge in [-0.3, -0.25) is 14.5 Å². The Balaban J connectivity index is 1.65. The summed E-state index contributed by atoms with van der Waals surface area (Å²) in [5, 5.41) is -1.31. The molecule has 2 aliphatic heterocycles. The van der Waals surface area contributed by atoms with E-state index in [2.05, 4.69) is 4.98 Å². The Bertz CT molecular complexity index is 895. The van der Waals surface area contributed by atoms with Crippen LogP contribution < -0.4 is 0 Å². The molecule has 0 N–H and O–H groups in total. The smallest absolute Gasteiger partial charge is 0.379 e. The van der Waals surface area contributed by atoms with Crippen molar-refractivity contribution in [3.05, 3.63) is 23.9 Å². The van der Waals surface area contributed by atoms with Crippen LogP contribution in [0, 0.1) is 0 Å². The van der Waals surface area contributed by atoms with Gasteiger partial charge in [-0.2, -0.15) is 13.2 Å². The Hall–Kier alpha value is -2.25. The minimum Gasteiger partial charge on any atom is -0.379 e. The molecule has 2 amide bonds. The van der Waals surface area contributed by atoms with Crippen LogP contribution in [0.4, 0.5) is 13.2 Å². The van der Waals surface area contributed by atoms with E-state index >= 15 is 0 Å². The maximum absolute atomic E-state index is 12.9. The van der Waals surface area contributed by atoms with Crippen LogP contribution in [0.5, 0.6) is 0 Å². The predicted molar refractivity (Wildman–Crippen MR) is 97.2 cm³/mol. The van der Waals surface area contributed by atoms with Gasteiger partial charge >= 0.3 is 5.51 Å². The first-order valence-corrected chi connectivity index (χ1v) is 10.7. The van der Waals surface area contributed by atoms with E-state index in [0.717, 1.165) is 12.3 Å². The van der Waals surface area contributed by atoms with E-state index in [-0.39, 0.29) is 38.6 Å². The number of pyridine rings is 1. The first-order chi connectivity index (χ1) is 14.1. The lowest BCUT2D eigenvalue weighted by atomic mass is 10.2. The number of ether oxygens (including phenoxy) is 1. The van der Waals surface area contributed by atoms with Gasteiger partial charge in [-0.25, -0.2) is 13.4 Å². The highest BCUT2D eigenvalue weighted by Gasteiger charge is 2.49. The number of rotatable bonds is 4. The van der Waals surface area contributed by atoms with Gasteiger partial charge in [0.2, 0.25) is 5.91 Å². The molecule has 0 aromatic carbocycles. The quantitative estimate of drug-likeness (QED) is 0.636. The average molecular weight is 450 g/mol. The van der Waals surface area contributed by atoms with Crippen molar-refractivity contribution >= 4 is 21.7 Å². The van der Waals surface area contributed by atoms with Gasteiger partial charge in [-0.15, -0.1) is 0 Å². The van der Waals surface area contributed by atoms with Gasteiger partial charge in [0.15, 0.2) is 5.03 Å². The monoisotopic (exact) mass is 450 g/mol. The first kappa shape index (κ1) is 22.4. The van der Waals surface area contributed by atoms with Crippen molar-refractivity contribution in [2.24, 2.45) is 0 Å². The molecular formula is C17H21F3N4O5S. The number of carbonyl (C=O) groups excluding carboxylic acids is 2. The molecule has 0 spiro atoms. The number of amides is 2. The molecule has 2 aliphatic rings. The summed E-state index contributed by atoms with van der Waals surface area (Å²) in [5.74, 6) is -0.975. The number of aromatic nitrogens is 1. The van der Waals surface area contributed by atoms with E-state index < -0.39 is 31.8 Å². The van der Waals surface area contributed by atoms with Crippen molar-refractivity contribution in [2.45, 2.75) is 10.5 Å². The van der Waals surface area contributed by atoms with Crippen LogP contribution in [0.1, 0.15) is 10.4 Å². The molecule has 3 rings (SSSR count). The van der Waals surface area contributed by atoms with Crippen LogP contribution in [0.15, 0.2) is 23.4 Å². The van der Waals surface area contributed by atoms with E-state index in [0.29, 0.717) is 26.3 Å². The largest absolute Gasteiger partial charge is 0.503 e. The molecule has 0 aliphatic carbocycles. The zero-order valence-corrected chi connectivity index (χ0v) is 16.8. The molecule has 2 saturated heterocycles. The van der Waals surface area contributed by atoms with Crippen molar-refractivity contribution in [3.8, 4) is 0 Å². The summed E-state index contributed by atoms with van der Waals surface area (Å²) in [5.41, 5.74) is -6.20. The lowest BCUT2D eigenvalue weighted by molar-refractivity contribution is -0.134. The number of halogens is 3. The summed E-state index contributed by atoms with van der Waals surface area (Å²) in [6, 6.07) is 2.20. The molecule has 0 radical (unpaired) electrons. The van der Waals surface area contributed by atoms with Gasteiger partial charge in [0.25, 0.3) is 15.7 Å². The second-order valence-electron chi connectivity index (χ2n) is 6.87. The number of carbonyl (C=O) groups is 2. The molecular weight excluding hydrogens is 429 g/mol. The highest BCUT2D eigenvalue weighted by Crippen LogP contribution is 2.31. The molecule has 0 unspecified atom stereocenters. The summed E-state index contributed by atoms with van der Waals surface area (Å²) in [4.78, 5) is 33.2. The SMILES string of the molecule is O=C(CN1CCOCC1)N1CCN(C(=O)c2cccnc2S(=O)(=O)C(F)(F)F)CC1. The van der Waals surface area contributed by atoms with Gasteiger partial charge in [-0.1, -0.05) is 0 Å². The Labute approximate surface area is 171 Å². The van der Waals surface area contributed by atoms with Gasteiger partial charge in [0.1, 0.15) is 0 Å². The van der Waals surface area contributed by atoms with Crippen LogP contribution >= 0.6 is 0 Å². The molecule has 13 heteroatoms. The highest BCUT2D eigenvalue weighted by molar-refractivity contribution is 7.92. The van der Waals surface area contributed by atoms with Crippen LogP contribution in [0.2, 0.25) is 0 Å². The van der Waals surface area contributed by atoms with Crippen LogP contribution in [0.3, 0.4) is 0 Å². The molecule has 0 atom stereocenters. The molecule has 2 fully saturated rings. The van der Waals surface area contributed by atoms with Gasteiger partial charge in [-0.05, 0) is 12.1 Å². The second kappa shape index (κ2) is 8.86. The fraction of sp³-hybridized carbons (Fsp3) is 0.588.